The van der Waals surface area contributed by atoms with Gasteiger partial charge < -0.3 is 9.80 Å². The van der Waals surface area contributed by atoms with Gasteiger partial charge in [-0.2, -0.15) is 5.10 Å². The summed E-state index contributed by atoms with van der Waals surface area (Å²) >= 11 is 0. The Morgan fingerprint density at radius 3 is 2.27 bits per heavy atom. The molecule has 1 saturated heterocycles. The number of amides is 1. The fourth-order valence-corrected chi connectivity index (χ4v) is 3.39. The zero-order valence-electron chi connectivity index (χ0n) is 14.5. The predicted octanol–water partition coefficient (Wildman–Crippen LogP) is 2.22. The Labute approximate surface area is 152 Å². The van der Waals surface area contributed by atoms with Crippen molar-refractivity contribution < 1.29 is 4.79 Å². The van der Waals surface area contributed by atoms with E-state index in [0.717, 1.165) is 24.3 Å². The predicted molar refractivity (Wildman–Crippen MR) is 99.8 cm³/mol. The molecule has 0 N–H and O–H groups in total. The molecule has 1 aromatic carbocycles. The third-order valence-corrected chi connectivity index (χ3v) is 4.76. The van der Waals surface area contributed by atoms with Crippen LogP contribution in [0.1, 0.15) is 11.6 Å². The van der Waals surface area contributed by atoms with Gasteiger partial charge >= 0.3 is 0 Å². The molecule has 4 rings (SSSR count). The smallest absolute Gasteiger partial charge is 0.252 e. The van der Waals surface area contributed by atoms with Crippen molar-refractivity contribution in [3.05, 3.63) is 78.9 Å². The lowest BCUT2D eigenvalue weighted by atomic mass is 10.1. The standard InChI is InChI=1S/C20H21N5O/c26-20(19(25-12-4-9-22-25)17-5-2-1-3-6-17)24-15-13-23(14-16-24)18-7-10-21-11-8-18/h1-12,19H,13-16H2. The van der Waals surface area contributed by atoms with E-state index in [1.165, 1.54) is 0 Å². The number of hydrogen-bond acceptors (Lipinski definition) is 4. The summed E-state index contributed by atoms with van der Waals surface area (Å²) in [6, 6.07) is 15.3. The van der Waals surface area contributed by atoms with Crippen LogP contribution in [0.15, 0.2) is 73.3 Å². The Hall–Kier alpha value is -3.15. The number of piperazine rings is 1. The van der Waals surface area contributed by atoms with Crippen molar-refractivity contribution in [3.8, 4) is 0 Å². The van der Waals surface area contributed by atoms with E-state index in [-0.39, 0.29) is 5.91 Å². The first-order valence-electron chi connectivity index (χ1n) is 8.81. The monoisotopic (exact) mass is 347 g/mol. The maximum Gasteiger partial charge on any atom is 0.252 e. The van der Waals surface area contributed by atoms with Gasteiger partial charge in [0.05, 0.1) is 0 Å². The second kappa shape index (κ2) is 7.39. The summed E-state index contributed by atoms with van der Waals surface area (Å²) in [5, 5.41) is 4.32. The summed E-state index contributed by atoms with van der Waals surface area (Å²) in [4.78, 5) is 21.6. The van der Waals surface area contributed by atoms with Crippen molar-refractivity contribution in [2.24, 2.45) is 0 Å². The van der Waals surface area contributed by atoms with Crippen molar-refractivity contribution >= 4 is 11.6 Å². The Morgan fingerprint density at radius 1 is 0.885 bits per heavy atom. The highest BCUT2D eigenvalue weighted by molar-refractivity contribution is 5.84. The van der Waals surface area contributed by atoms with Crippen molar-refractivity contribution in [2.75, 3.05) is 31.1 Å². The van der Waals surface area contributed by atoms with Gasteiger partial charge in [0.15, 0.2) is 6.04 Å². The van der Waals surface area contributed by atoms with Crippen LogP contribution >= 0.6 is 0 Å². The first kappa shape index (κ1) is 16.3. The molecule has 3 heterocycles. The molecular formula is C20H21N5O. The zero-order chi connectivity index (χ0) is 17.8. The Balaban J connectivity index is 1.51. The highest BCUT2D eigenvalue weighted by atomic mass is 16.2. The summed E-state index contributed by atoms with van der Waals surface area (Å²) in [6.07, 6.45) is 7.17. The van der Waals surface area contributed by atoms with Crippen LogP contribution in [0.4, 0.5) is 5.69 Å². The molecule has 0 saturated carbocycles. The molecule has 0 radical (unpaired) electrons. The molecule has 6 heteroatoms. The molecule has 0 spiro atoms. The van der Waals surface area contributed by atoms with Gasteiger partial charge in [0.25, 0.3) is 5.91 Å². The quantitative estimate of drug-likeness (QED) is 0.726. The Bertz CT molecular complexity index is 827. The van der Waals surface area contributed by atoms with Crippen LogP contribution in [-0.2, 0) is 4.79 Å². The van der Waals surface area contributed by atoms with Gasteiger partial charge in [0, 0.05) is 56.7 Å². The number of rotatable bonds is 4. The summed E-state index contributed by atoms with van der Waals surface area (Å²) in [6.45, 7) is 3.03. The molecule has 1 aliphatic rings. The molecule has 1 amide bonds. The third-order valence-electron chi connectivity index (χ3n) is 4.76. The van der Waals surface area contributed by atoms with E-state index in [9.17, 15) is 4.79 Å². The molecule has 1 atom stereocenters. The summed E-state index contributed by atoms with van der Waals surface area (Å²) in [5.74, 6) is 0.0919. The number of anilines is 1. The van der Waals surface area contributed by atoms with E-state index >= 15 is 0 Å². The summed E-state index contributed by atoms with van der Waals surface area (Å²) in [7, 11) is 0. The third kappa shape index (κ3) is 3.31. The maximum atomic E-state index is 13.3. The van der Waals surface area contributed by atoms with Gasteiger partial charge in [-0.15, -0.1) is 0 Å². The van der Waals surface area contributed by atoms with Crippen molar-refractivity contribution in [1.29, 1.82) is 0 Å². The van der Waals surface area contributed by atoms with Crippen molar-refractivity contribution in [1.82, 2.24) is 19.7 Å². The first-order valence-corrected chi connectivity index (χ1v) is 8.81. The molecule has 2 aromatic heterocycles. The lowest BCUT2D eigenvalue weighted by Crippen LogP contribution is -2.50. The number of hydrogen-bond donors (Lipinski definition) is 0. The van der Waals surface area contributed by atoms with Gasteiger partial charge in [-0.1, -0.05) is 30.3 Å². The van der Waals surface area contributed by atoms with Crippen molar-refractivity contribution in [2.45, 2.75) is 6.04 Å². The molecule has 1 aliphatic heterocycles. The summed E-state index contributed by atoms with van der Waals surface area (Å²) in [5.41, 5.74) is 2.11. The Morgan fingerprint density at radius 2 is 1.62 bits per heavy atom. The van der Waals surface area contributed by atoms with Gasteiger partial charge in [-0.3, -0.25) is 14.5 Å². The van der Waals surface area contributed by atoms with E-state index in [1.54, 1.807) is 23.3 Å². The highest BCUT2D eigenvalue weighted by Crippen LogP contribution is 2.22. The Kier molecular flexibility index (Phi) is 4.64. The number of carbonyl (C=O) groups is 1. The second-order valence-corrected chi connectivity index (χ2v) is 6.32. The van der Waals surface area contributed by atoms with Gasteiger partial charge in [-0.05, 0) is 23.8 Å². The van der Waals surface area contributed by atoms with Crippen LogP contribution in [0, 0.1) is 0 Å². The van der Waals surface area contributed by atoms with Crippen molar-refractivity contribution in [3.63, 3.8) is 0 Å². The molecule has 0 aliphatic carbocycles. The lowest BCUT2D eigenvalue weighted by Gasteiger charge is -2.37. The van der Waals surface area contributed by atoms with Crippen LogP contribution < -0.4 is 4.90 Å². The maximum absolute atomic E-state index is 13.3. The fourth-order valence-electron chi connectivity index (χ4n) is 3.39. The number of pyridine rings is 1. The van der Waals surface area contributed by atoms with Gasteiger partial charge in [-0.25, -0.2) is 0 Å². The van der Waals surface area contributed by atoms with E-state index in [1.807, 2.05) is 59.6 Å². The normalized spacial score (nSPS) is 15.7. The topological polar surface area (TPSA) is 54.3 Å². The minimum Gasteiger partial charge on any atom is -0.368 e. The molecule has 3 aromatic rings. The number of nitrogens with zero attached hydrogens (tertiary/aromatic N) is 5. The number of benzene rings is 1. The highest BCUT2D eigenvalue weighted by Gasteiger charge is 2.30. The minimum atomic E-state index is -0.418. The van der Waals surface area contributed by atoms with Gasteiger partial charge in [0.2, 0.25) is 0 Å². The van der Waals surface area contributed by atoms with Gasteiger partial charge in [0.1, 0.15) is 0 Å². The molecule has 1 fully saturated rings. The molecule has 132 valence electrons. The first-order chi connectivity index (χ1) is 12.8. The van der Waals surface area contributed by atoms with Crippen LogP contribution in [0.3, 0.4) is 0 Å². The van der Waals surface area contributed by atoms with Crippen LogP contribution in [0.2, 0.25) is 0 Å². The SMILES string of the molecule is O=C(C(c1ccccc1)n1cccn1)N1CCN(c2ccncc2)CC1. The molecule has 26 heavy (non-hydrogen) atoms. The zero-order valence-corrected chi connectivity index (χ0v) is 14.5. The van der Waals surface area contributed by atoms with Crippen LogP contribution in [0.5, 0.6) is 0 Å². The van der Waals surface area contributed by atoms with E-state index in [4.69, 9.17) is 0 Å². The minimum absolute atomic E-state index is 0.0919. The number of aromatic nitrogens is 3. The van der Waals surface area contributed by atoms with E-state index < -0.39 is 6.04 Å². The average Bonchev–Trinajstić information content (AvgIpc) is 3.24. The fraction of sp³-hybridized carbons (Fsp3) is 0.250. The molecule has 1 unspecified atom stereocenters. The molecule has 0 bridgehead atoms. The average molecular weight is 347 g/mol. The molecular weight excluding hydrogens is 326 g/mol. The summed E-state index contributed by atoms with van der Waals surface area (Å²) < 4.78 is 1.74. The van der Waals surface area contributed by atoms with Crippen LogP contribution in [-0.4, -0.2) is 51.8 Å². The number of carbonyl (C=O) groups excluding carboxylic acids is 1. The van der Waals surface area contributed by atoms with E-state index in [0.29, 0.717) is 13.1 Å². The van der Waals surface area contributed by atoms with Crippen LogP contribution in [0.25, 0.3) is 0 Å². The lowest BCUT2D eigenvalue weighted by molar-refractivity contribution is -0.134. The van der Waals surface area contributed by atoms with E-state index in [2.05, 4.69) is 15.0 Å². The second-order valence-electron chi connectivity index (χ2n) is 6.32. The molecule has 6 nitrogen and oxygen atoms in total. The largest absolute Gasteiger partial charge is 0.368 e.